The Morgan fingerprint density at radius 3 is 2.41 bits per heavy atom. The van der Waals surface area contributed by atoms with Gasteiger partial charge in [0, 0.05) is 18.8 Å². The van der Waals surface area contributed by atoms with Crippen molar-refractivity contribution < 1.29 is 19.8 Å². The van der Waals surface area contributed by atoms with Gasteiger partial charge < -0.3 is 25.4 Å². The van der Waals surface area contributed by atoms with Crippen molar-refractivity contribution in [2.45, 2.75) is 26.3 Å². The highest BCUT2D eigenvalue weighted by atomic mass is 16.4. The molecule has 0 radical (unpaired) electrons. The quantitative estimate of drug-likeness (QED) is 0.470. The van der Waals surface area contributed by atoms with Gasteiger partial charge in [0.2, 0.25) is 0 Å². The average Bonchev–Trinajstić information content (AvgIpc) is 2.75. The minimum Gasteiger partial charge on any atom is -0.505 e. The van der Waals surface area contributed by atoms with Gasteiger partial charge in [-0.15, -0.1) is 0 Å². The first-order chi connectivity index (χ1) is 15.2. The summed E-state index contributed by atoms with van der Waals surface area (Å²) >= 11 is 0. The molecule has 0 bridgehead atoms. The molecule has 2 aromatic carbocycles. The van der Waals surface area contributed by atoms with E-state index in [4.69, 9.17) is 0 Å². The molecule has 0 aliphatic rings. The zero-order valence-corrected chi connectivity index (χ0v) is 18.0. The Morgan fingerprint density at radius 2 is 1.75 bits per heavy atom. The summed E-state index contributed by atoms with van der Waals surface area (Å²) in [6.07, 6.45) is 1.09. The monoisotopic (exact) mass is 435 g/mol. The van der Waals surface area contributed by atoms with Crippen molar-refractivity contribution in [2.75, 3.05) is 5.32 Å². The van der Waals surface area contributed by atoms with Gasteiger partial charge >= 0.3 is 12.0 Å². The standard InChI is InChI=1S/C24H25N3O5/c1-14-13-27(3)23(31)21(22(14)30)26-24(32)25-19(12-20(28)29)18-11-7-10-17(15(18)2)16-8-5-4-6-9-16/h4-11,13,19,30H,12H2,1-3H3,(H,28,29)(H2,25,26,32)/t19-/m0/s1. The molecule has 8 nitrogen and oxygen atoms in total. The number of aryl methyl sites for hydroxylation is 2. The molecule has 32 heavy (non-hydrogen) atoms. The SMILES string of the molecule is Cc1cn(C)c(=O)c(NC(=O)N[C@@H](CC(=O)O)c2cccc(-c3ccccc3)c2C)c1O. The lowest BCUT2D eigenvalue weighted by atomic mass is 9.92. The van der Waals surface area contributed by atoms with Crippen LogP contribution in [-0.4, -0.2) is 26.8 Å². The number of nitrogens with one attached hydrogen (secondary N) is 2. The molecule has 0 fully saturated rings. The van der Waals surface area contributed by atoms with Gasteiger partial charge in [-0.25, -0.2) is 4.79 Å². The van der Waals surface area contributed by atoms with Crippen molar-refractivity contribution in [1.82, 2.24) is 9.88 Å². The van der Waals surface area contributed by atoms with E-state index < -0.39 is 23.6 Å². The van der Waals surface area contributed by atoms with E-state index in [1.54, 1.807) is 19.1 Å². The number of pyridine rings is 1. The molecule has 3 rings (SSSR count). The number of hydrogen-bond donors (Lipinski definition) is 4. The zero-order valence-electron chi connectivity index (χ0n) is 18.0. The summed E-state index contributed by atoms with van der Waals surface area (Å²) in [5.74, 6) is -1.42. The summed E-state index contributed by atoms with van der Waals surface area (Å²) in [7, 11) is 1.50. The van der Waals surface area contributed by atoms with E-state index in [0.29, 0.717) is 11.1 Å². The number of aliphatic carboxylic acids is 1. The first kappa shape index (κ1) is 22.6. The summed E-state index contributed by atoms with van der Waals surface area (Å²) in [5, 5.41) is 24.6. The van der Waals surface area contributed by atoms with Gasteiger partial charge in [0.1, 0.15) is 5.75 Å². The first-order valence-corrected chi connectivity index (χ1v) is 10.0. The highest BCUT2D eigenvalue weighted by molar-refractivity contribution is 5.91. The number of aromatic nitrogens is 1. The van der Waals surface area contributed by atoms with Crippen LogP contribution >= 0.6 is 0 Å². The van der Waals surface area contributed by atoms with Crippen LogP contribution in [0.1, 0.15) is 29.2 Å². The van der Waals surface area contributed by atoms with Gasteiger partial charge in [0.15, 0.2) is 5.69 Å². The third kappa shape index (κ3) is 4.80. The minimum absolute atomic E-state index is 0.270. The summed E-state index contributed by atoms with van der Waals surface area (Å²) in [4.78, 5) is 36.6. The van der Waals surface area contributed by atoms with E-state index in [1.807, 2.05) is 43.3 Å². The number of aromatic hydroxyl groups is 1. The first-order valence-electron chi connectivity index (χ1n) is 10.0. The Kier molecular flexibility index (Phi) is 6.63. The van der Waals surface area contributed by atoms with Gasteiger partial charge in [-0.1, -0.05) is 48.5 Å². The topological polar surface area (TPSA) is 121 Å². The van der Waals surface area contributed by atoms with Crippen LogP contribution < -0.4 is 16.2 Å². The Hall–Kier alpha value is -4.07. The van der Waals surface area contributed by atoms with Crippen LogP contribution in [0.2, 0.25) is 0 Å². The van der Waals surface area contributed by atoms with Crippen LogP contribution in [-0.2, 0) is 11.8 Å². The number of hydrogen-bond acceptors (Lipinski definition) is 4. The van der Waals surface area contributed by atoms with Gasteiger partial charge in [-0.2, -0.15) is 0 Å². The van der Waals surface area contributed by atoms with E-state index in [2.05, 4.69) is 10.6 Å². The molecule has 2 amide bonds. The van der Waals surface area contributed by atoms with Crippen molar-refractivity contribution in [3.63, 3.8) is 0 Å². The molecule has 1 aromatic heterocycles. The van der Waals surface area contributed by atoms with Crippen molar-refractivity contribution in [3.05, 3.63) is 81.8 Å². The van der Waals surface area contributed by atoms with E-state index in [9.17, 15) is 24.6 Å². The normalized spacial score (nSPS) is 11.6. The molecule has 166 valence electrons. The second kappa shape index (κ2) is 9.38. The average molecular weight is 435 g/mol. The second-order valence-electron chi connectivity index (χ2n) is 7.59. The molecule has 0 unspecified atom stereocenters. The largest absolute Gasteiger partial charge is 0.505 e. The van der Waals surface area contributed by atoms with Crippen LogP contribution in [0.15, 0.2) is 59.5 Å². The lowest BCUT2D eigenvalue weighted by Crippen LogP contribution is -2.36. The fourth-order valence-electron chi connectivity index (χ4n) is 3.68. The summed E-state index contributed by atoms with van der Waals surface area (Å²) in [6.45, 7) is 3.47. The van der Waals surface area contributed by atoms with Crippen molar-refractivity contribution in [3.8, 4) is 16.9 Å². The van der Waals surface area contributed by atoms with Crippen LogP contribution in [0.5, 0.6) is 5.75 Å². The Morgan fingerprint density at radius 1 is 1.06 bits per heavy atom. The number of carboxylic acids is 1. The highest BCUT2D eigenvalue weighted by Gasteiger charge is 2.23. The predicted molar refractivity (Wildman–Crippen MR) is 122 cm³/mol. The third-order valence-electron chi connectivity index (χ3n) is 5.29. The molecular weight excluding hydrogens is 410 g/mol. The predicted octanol–water partition coefficient (Wildman–Crippen LogP) is 3.71. The number of rotatable bonds is 6. The fourth-order valence-corrected chi connectivity index (χ4v) is 3.68. The second-order valence-corrected chi connectivity index (χ2v) is 7.59. The number of anilines is 1. The number of carbonyl (C=O) groups is 2. The number of carbonyl (C=O) groups excluding carboxylic acids is 1. The van der Waals surface area contributed by atoms with E-state index in [0.717, 1.165) is 16.7 Å². The molecule has 4 N–H and O–H groups in total. The Balaban J connectivity index is 1.93. The molecule has 8 heteroatoms. The van der Waals surface area contributed by atoms with E-state index >= 15 is 0 Å². The fraction of sp³-hybridized carbons (Fsp3) is 0.208. The number of amides is 2. The zero-order chi connectivity index (χ0) is 23.4. The molecule has 1 heterocycles. The number of benzene rings is 2. The maximum atomic E-state index is 12.7. The lowest BCUT2D eigenvalue weighted by Gasteiger charge is -2.22. The number of urea groups is 1. The molecule has 0 aliphatic carbocycles. The molecule has 3 aromatic rings. The van der Waals surface area contributed by atoms with E-state index in [-0.39, 0.29) is 17.9 Å². The molecule has 0 aliphatic heterocycles. The summed E-state index contributed by atoms with van der Waals surface area (Å²) in [5.41, 5.74) is 2.93. The third-order valence-corrected chi connectivity index (χ3v) is 5.29. The Bertz CT molecular complexity index is 1220. The smallest absolute Gasteiger partial charge is 0.319 e. The number of carboxylic acid groups (broad SMARTS) is 1. The molecule has 0 saturated heterocycles. The lowest BCUT2D eigenvalue weighted by molar-refractivity contribution is -0.137. The molecule has 0 spiro atoms. The van der Waals surface area contributed by atoms with Crippen LogP contribution in [0.3, 0.4) is 0 Å². The maximum absolute atomic E-state index is 12.7. The Labute approximate surface area is 185 Å². The maximum Gasteiger partial charge on any atom is 0.319 e. The van der Waals surface area contributed by atoms with Gasteiger partial charge in [-0.05, 0) is 36.1 Å². The van der Waals surface area contributed by atoms with Gasteiger partial charge in [-0.3, -0.25) is 9.59 Å². The highest BCUT2D eigenvalue weighted by Crippen LogP contribution is 2.30. The van der Waals surface area contributed by atoms with Crippen LogP contribution in [0, 0.1) is 13.8 Å². The molecular formula is C24H25N3O5. The van der Waals surface area contributed by atoms with Gasteiger partial charge in [0.25, 0.3) is 5.56 Å². The van der Waals surface area contributed by atoms with Crippen molar-refractivity contribution in [2.24, 2.45) is 7.05 Å². The van der Waals surface area contributed by atoms with Gasteiger partial charge in [0.05, 0.1) is 12.5 Å². The summed E-state index contributed by atoms with van der Waals surface area (Å²) in [6, 6.07) is 13.5. The minimum atomic E-state index is -1.09. The summed E-state index contributed by atoms with van der Waals surface area (Å²) < 4.78 is 1.24. The van der Waals surface area contributed by atoms with Crippen LogP contribution in [0.25, 0.3) is 11.1 Å². The van der Waals surface area contributed by atoms with Crippen molar-refractivity contribution in [1.29, 1.82) is 0 Å². The molecule has 0 saturated carbocycles. The van der Waals surface area contributed by atoms with E-state index in [1.165, 1.54) is 17.8 Å². The number of nitrogens with zero attached hydrogens (tertiary/aromatic N) is 1. The molecule has 1 atom stereocenters. The van der Waals surface area contributed by atoms with Crippen molar-refractivity contribution >= 4 is 17.7 Å². The van der Waals surface area contributed by atoms with Crippen LogP contribution in [0.4, 0.5) is 10.5 Å².